The molecule has 0 aromatic heterocycles. The normalized spacial score (nSPS) is 13.3. The second-order valence-electron chi connectivity index (χ2n) is 9.95. The van der Waals surface area contributed by atoms with Crippen molar-refractivity contribution in [1.29, 1.82) is 0 Å². The summed E-state index contributed by atoms with van der Waals surface area (Å²) in [6, 6.07) is 7.81. The Balaban J connectivity index is 0.000000544. The van der Waals surface area contributed by atoms with E-state index < -0.39 is 81.0 Å². The van der Waals surface area contributed by atoms with Crippen LogP contribution in [0.3, 0.4) is 0 Å². The van der Waals surface area contributed by atoms with Crippen molar-refractivity contribution >= 4 is 11.9 Å². The van der Waals surface area contributed by atoms with Gasteiger partial charge >= 0.3 is 5.97 Å². The number of hydrogen-bond donors (Lipinski definition) is 2. The van der Waals surface area contributed by atoms with Crippen LogP contribution in [0.15, 0.2) is 30.3 Å². The Morgan fingerprint density at radius 1 is 0.711 bits per heavy atom. The number of carbonyl (C=O) groups excluding carboxylic acids is 2. The van der Waals surface area contributed by atoms with E-state index in [0.29, 0.717) is 5.56 Å². The number of nitrogens with one attached hydrogen (secondary N) is 1. The fraction of sp³-hybridized carbons (Fsp3) is 0.375. The maximum absolute atomic E-state index is 14.3. The topological polar surface area (TPSA) is 75.6 Å². The molecule has 0 radical (unpaired) electrons. The number of halogens is 8. The summed E-state index contributed by atoms with van der Waals surface area (Å²) >= 11 is 0. The van der Waals surface area contributed by atoms with Crippen LogP contribution in [0.2, 0.25) is 0 Å². The van der Waals surface area contributed by atoms with Crippen LogP contribution in [0, 0.1) is 52.5 Å². The van der Waals surface area contributed by atoms with E-state index in [1.54, 1.807) is 18.2 Å². The Hall–Kier alpha value is -4.16. The molecule has 0 atom stereocenters. The summed E-state index contributed by atoms with van der Waals surface area (Å²) in [5.74, 6) is -26.9. The lowest BCUT2D eigenvalue weighted by atomic mass is 9.93. The second-order valence-corrected chi connectivity index (χ2v) is 9.95. The van der Waals surface area contributed by atoms with Crippen molar-refractivity contribution in [3.8, 4) is 11.5 Å². The third kappa shape index (κ3) is 9.18. The highest BCUT2D eigenvalue weighted by molar-refractivity contribution is 5.95. The zero-order chi connectivity index (χ0) is 33.8. The molecule has 0 saturated heterocycles. The highest BCUT2D eigenvalue weighted by Crippen LogP contribution is 2.33. The third-order valence-electron chi connectivity index (χ3n) is 6.78. The number of ether oxygens (including phenoxy) is 1. The molecule has 246 valence electrons. The first-order valence-electron chi connectivity index (χ1n) is 14.3. The van der Waals surface area contributed by atoms with E-state index in [-0.39, 0.29) is 6.54 Å². The van der Waals surface area contributed by atoms with Gasteiger partial charge < -0.3 is 15.2 Å². The lowest BCUT2D eigenvalue weighted by Gasteiger charge is -2.13. The van der Waals surface area contributed by atoms with Crippen LogP contribution in [0.5, 0.6) is 11.5 Å². The minimum Gasteiger partial charge on any atom is -0.503 e. The molecule has 45 heavy (non-hydrogen) atoms. The average molecular weight is 648 g/mol. The minimum absolute atomic E-state index is 0.297. The Morgan fingerprint density at radius 3 is 1.64 bits per heavy atom. The molecule has 1 aliphatic rings. The van der Waals surface area contributed by atoms with E-state index in [1.807, 2.05) is 19.2 Å². The van der Waals surface area contributed by atoms with Crippen molar-refractivity contribution in [2.75, 3.05) is 0 Å². The number of aromatic hydroxyl groups is 1. The van der Waals surface area contributed by atoms with Crippen molar-refractivity contribution in [3.05, 3.63) is 93.6 Å². The standard InChI is InChI=1S/C21H9F8NO4.C9H18.C2H6/c22-10-8(20(32)30-6-7-4-2-1-3-5-7)11(23)17(29)19(16(10)28)34-21(33)9-12(24)14(26)18(31)15(27)13(9)25;1-9-7-5-3-2-4-6-8-9;1-2/h1-5,31H,6H2,(H,30,32);9H,2-8H2,1H3;1-2H3. The van der Waals surface area contributed by atoms with Gasteiger partial charge in [0.2, 0.25) is 29.0 Å². The molecule has 4 rings (SSSR count). The van der Waals surface area contributed by atoms with Crippen LogP contribution >= 0.6 is 0 Å². The van der Waals surface area contributed by atoms with Gasteiger partial charge in [-0.05, 0) is 11.5 Å². The molecular weight excluding hydrogens is 614 g/mol. The fourth-order valence-corrected chi connectivity index (χ4v) is 4.37. The van der Waals surface area contributed by atoms with E-state index in [9.17, 15) is 44.7 Å². The molecule has 1 aliphatic carbocycles. The SMILES string of the molecule is CC.CC1CCCCCCC1.O=C(Oc1c(F)c(F)c(C(=O)NCc2ccccc2)c(F)c1F)c1c(F)c(F)c(O)c(F)c1F. The highest BCUT2D eigenvalue weighted by atomic mass is 19.2. The zero-order valence-corrected chi connectivity index (χ0v) is 24.8. The molecular formula is C32H33F8NO4. The largest absolute Gasteiger partial charge is 0.503 e. The maximum atomic E-state index is 14.3. The number of rotatable bonds is 5. The average Bonchev–Trinajstić information content (AvgIpc) is 3.03. The summed E-state index contributed by atoms with van der Waals surface area (Å²) in [4.78, 5) is 24.0. The summed E-state index contributed by atoms with van der Waals surface area (Å²) in [5.41, 5.74) is -3.48. The van der Waals surface area contributed by atoms with Crippen molar-refractivity contribution < 1.29 is 54.6 Å². The molecule has 3 aromatic carbocycles. The van der Waals surface area contributed by atoms with Gasteiger partial charge in [0, 0.05) is 6.54 Å². The number of hydrogen-bond acceptors (Lipinski definition) is 4. The lowest BCUT2D eigenvalue weighted by Crippen LogP contribution is -2.27. The van der Waals surface area contributed by atoms with Crippen LogP contribution in [-0.2, 0) is 6.54 Å². The minimum atomic E-state index is -2.51. The number of amides is 1. The van der Waals surface area contributed by atoms with Gasteiger partial charge in [0.1, 0.15) is 11.1 Å². The van der Waals surface area contributed by atoms with Crippen LogP contribution in [0.1, 0.15) is 92.0 Å². The number of esters is 1. The first-order valence-corrected chi connectivity index (χ1v) is 14.3. The molecule has 0 unspecified atom stereocenters. The van der Waals surface area contributed by atoms with Crippen LogP contribution in [0.25, 0.3) is 0 Å². The molecule has 1 saturated carbocycles. The Morgan fingerprint density at radius 2 is 1.16 bits per heavy atom. The summed E-state index contributed by atoms with van der Waals surface area (Å²) in [7, 11) is 0. The van der Waals surface area contributed by atoms with E-state index in [0.717, 1.165) is 5.92 Å². The predicted octanol–water partition coefficient (Wildman–Crippen LogP) is 9.05. The second kappa shape index (κ2) is 17.4. The molecule has 2 N–H and O–H groups in total. The van der Waals surface area contributed by atoms with Gasteiger partial charge in [0.15, 0.2) is 29.0 Å². The number of phenolic OH excluding ortho intramolecular Hbond substituents is 1. The predicted molar refractivity (Wildman–Crippen MR) is 150 cm³/mol. The number of carbonyl (C=O) groups is 2. The smallest absolute Gasteiger partial charge is 0.349 e. The van der Waals surface area contributed by atoms with Crippen LogP contribution in [-0.4, -0.2) is 17.0 Å². The fourth-order valence-electron chi connectivity index (χ4n) is 4.37. The number of benzene rings is 3. The summed E-state index contributed by atoms with van der Waals surface area (Å²) in [6.45, 7) is 6.10. The van der Waals surface area contributed by atoms with Gasteiger partial charge in [-0.3, -0.25) is 4.79 Å². The van der Waals surface area contributed by atoms with E-state index >= 15 is 0 Å². The maximum Gasteiger partial charge on any atom is 0.349 e. The van der Waals surface area contributed by atoms with Gasteiger partial charge in [-0.25, -0.2) is 22.4 Å². The van der Waals surface area contributed by atoms with E-state index in [4.69, 9.17) is 5.11 Å². The monoisotopic (exact) mass is 647 g/mol. The molecule has 5 nitrogen and oxygen atoms in total. The van der Waals surface area contributed by atoms with Crippen LogP contribution < -0.4 is 10.1 Å². The molecule has 0 spiro atoms. The first kappa shape index (κ1) is 37.0. The van der Waals surface area contributed by atoms with Crippen LogP contribution in [0.4, 0.5) is 35.1 Å². The Labute approximate surface area is 255 Å². The van der Waals surface area contributed by atoms with Gasteiger partial charge in [-0.1, -0.05) is 96.0 Å². The zero-order valence-electron chi connectivity index (χ0n) is 24.8. The summed E-state index contributed by atoms with van der Waals surface area (Å²) in [6.07, 6.45) is 10.4. The molecule has 13 heteroatoms. The van der Waals surface area contributed by atoms with Crippen molar-refractivity contribution in [2.45, 2.75) is 72.3 Å². The van der Waals surface area contributed by atoms with E-state index in [2.05, 4.69) is 11.7 Å². The molecule has 0 aliphatic heterocycles. The molecule has 3 aromatic rings. The van der Waals surface area contributed by atoms with Crippen molar-refractivity contribution in [3.63, 3.8) is 0 Å². The van der Waals surface area contributed by atoms with E-state index in [1.165, 1.54) is 57.1 Å². The highest BCUT2D eigenvalue weighted by Gasteiger charge is 2.35. The molecule has 0 bridgehead atoms. The quantitative estimate of drug-likeness (QED) is 0.125. The van der Waals surface area contributed by atoms with Gasteiger partial charge in [-0.15, -0.1) is 0 Å². The Kier molecular flexibility index (Phi) is 14.3. The van der Waals surface area contributed by atoms with Gasteiger partial charge in [0.05, 0.1) is 0 Å². The molecule has 0 heterocycles. The summed E-state index contributed by atoms with van der Waals surface area (Å²) in [5, 5.41) is 10.9. The third-order valence-corrected chi connectivity index (χ3v) is 6.78. The molecule has 1 fully saturated rings. The lowest BCUT2D eigenvalue weighted by molar-refractivity contribution is 0.0703. The number of phenols is 1. The van der Waals surface area contributed by atoms with Crippen molar-refractivity contribution in [1.82, 2.24) is 5.32 Å². The first-order chi connectivity index (χ1) is 21.4. The van der Waals surface area contributed by atoms with Crippen molar-refractivity contribution in [2.24, 2.45) is 5.92 Å². The van der Waals surface area contributed by atoms with Gasteiger partial charge in [-0.2, -0.15) is 17.6 Å². The van der Waals surface area contributed by atoms with Gasteiger partial charge in [0.25, 0.3) is 5.91 Å². The molecule has 1 amide bonds. The summed E-state index contributed by atoms with van der Waals surface area (Å²) < 4.78 is 116. The Bertz CT molecular complexity index is 1420.